The Morgan fingerprint density at radius 2 is 1.28 bits per heavy atom. The Kier molecular flexibility index (Phi) is 12.8. The van der Waals surface area contributed by atoms with E-state index in [1.165, 1.54) is 67.6 Å². The Bertz CT molecular complexity index is 2400. The highest BCUT2D eigenvalue weighted by Gasteiger charge is 2.20. The Labute approximate surface area is 312 Å². The second-order valence-corrected chi connectivity index (χ2v) is 12.5. The minimum Gasteiger partial charge on any atom is -0.490 e. The molecule has 0 aliphatic carbocycles. The van der Waals surface area contributed by atoms with Gasteiger partial charge in [-0.2, -0.15) is 8.75 Å². The predicted octanol–water partition coefficient (Wildman–Crippen LogP) is 5.06. The summed E-state index contributed by atoms with van der Waals surface area (Å²) >= 11 is 2.25. The lowest BCUT2D eigenvalue weighted by Crippen LogP contribution is -2.22. The number of nitro groups is 2. The zero-order valence-electron chi connectivity index (χ0n) is 28.7. The van der Waals surface area contributed by atoms with Crippen LogP contribution in [0, 0.1) is 20.2 Å². The summed E-state index contributed by atoms with van der Waals surface area (Å²) in [6, 6.07) is 11.5. The van der Waals surface area contributed by atoms with Gasteiger partial charge in [-0.05, 0) is 41.3 Å². The standard InChI is InChI=1S/C17H16N4O6S.C16H14N4O5S/c1-20-9-12(13(8-15(20)22)27-6-5-26-2)17(23)18-16-11-7-10(21(24)25)3-4-14(11)28-19-16;1-24-6-7-25-13-4-5-17-9-12(13)16(21)18-15-11-8-10(20(22)23)2-3-14(11)26-19-15/h3-4,7-9H,5-6H2,1-2H3,(H,18,19,23);2-5,8-9H,6-7H2,1H3,(H,18,19,21). The van der Waals surface area contributed by atoms with E-state index in [1.54, 1.807) is 25.3 Å². The third-order valence-corrected chi connectivity index (χ3v) is 9.00. The highest BCUT2D eigenvalue weighted by atomic mass is 32.1. The van der Waals surface area contributed by atoms with Crippen molar-refractivity contribution in [2.75, 3.05) is 51.3 Å². The monoisotopic (exact) mass is 778 g/mol. The van der Waals surface area contributed by atoms with Crippen LogP contribution in [0.3, 0.4) is 0 Å². The van der Waals surface area contributed by atoms with Crippen molar-refractivity contribution in [3.8, 4) is 11.5 Å². The molecule has 0 fully saturated rings. The third-order valence-electron chi connectivity index (χ3n) is 7.34. The summed E-state index contributed by atoms with van der Waals surface area (Å²) in [5.41, 5.74) is -0.147. The molecule has 0 bridgehead atoms. The molecule has 280 valence electrons. The van der Waals surface area contributed by atoms with Crippen molar-refractivity contribution in [3.05, 3.63) is 109 Å². The fourth-order valence-corrected chi connectivity index (χ4v) is 6.09. The number of amides is 2. The molecule has 2 amide bonds. The van der Waals surface area contributed by atoms with Gasteiger partial charge in [0.1, 0.15) is 30.3 Å². The molecule has 4 heterocycles. The number of anilines is 2. The summed E-state index contributed by atoms with van der Waals surface area (Å²) in [4.78, 5) is 62.2. The first-order chi connectivity index (χ1) is 26.0. The maximum absolute atomic E-state index is 12.8. The summed E-state index contributed by atoms with van der Waals surface area (Å²) in [5, 5.41) is 28.2. The Balaban J connectivity index is 0.000000208. The van der Waals surface area contributed by atoms with Gasteiger partial charge in [-0.15, -0.1) is 0 Å². The van der Waals surface area contributed by atoms with E-state index in [9.17, 15) is 34.6 Å². The van der Waals surface area contributed by atoms with E-state index in [0.717, 1.165) is 27.8 Å². The summed E-state index contributed by atoms with van der Waals surface area (Å²) < 4.78 is 31.9. The molecule has 0 atom stereocenters. The smallest absolute Gasteiger partial charge is 0.270 e. The molecule has 2 N–H and O–H groups in total. The van der Waals surface area contributed by atoms with Gasteiger partial charge in [0, 0.05) is 81.0 Å². The number of hydrogen-bond donors (Lipinski definition) is 2. The highest BCUT2D eigenvalue weighted by molar-refractivity contribution is 7.14. The molecule has 0 unspecified atom stereocenters. The second-order valence-electron chi connectivity index (χ2n) is 10.9. The number of carbonyl (C=O) groups is 2. The highest BCUT2D eigenvalue weighted by Crippen LogP contribution is 2.32. The molecule has 19 nitrogen and oxygen atoms in total. The van der Waals surface area contributed by atoms with Crippen molar-refractivity contribution < 1.29 is 38.4 Å². The summed E-state index contributed by atoms with van der Waals surface area (Å²) in [7, 11) is 4.57. The quantitative estimate of drug-likeness (QED) is 0.0835. The van der Waals surface area contributed by atoms with E-state index in [4.69, 9.17) is 18.9 Å². The van der Waals surface area contributed by atoms with Crippen LogP contribution in [-0.2, 0) is 16.5 Å². The number of pyridine rings is 2. The number of hydrogen-bond acceptors (Lipinski definition) is 16. The first-order valence-electron chi connectivity index (χ1n) is 15.6. The molecule has 4 aromatic heterocycles. The van der Waals surface area contributed by atoms with Crippen LogP contribution >= 0.6 is 23.1 Å². The molecule has 0 saturated heterocycles. The topological polar surface area (TPSA) is 242 Å². The van der Waals surface area contributed by atoms with E-state index >= 15 is 0 Å². The predicted molar refractivity (Wildman–Crippen MR) is 199 cm³/mol. The molecule has 21 heteroatoms. The van der Waals surface area contributed by atoms with Crippen LogP contribution in [0.5, 0.6) is 11.5 Å². The number of ether oxygens (including phenoxy) is 4. The van der Waals surface area contributed by atoms with Gasteiger partial charge >= 0.3 is 0 Å². The fourth-order valence-electron chi connectivity index (χ4n) is 4.66. The fraction of sp³-hybridized carbons (Fsp3) is 0.212. The first-order valence-corrected chi connectivity index (χ1v) is 17.1. The summed E-state index contributed by atoms with van der Waals surface area (Å²) in [6.45, 7) is 1.11. The molecule has 2 aromatic carbocycles. The van der Waals surface area contributed by atoms with Crippen molar-refractivity contribution in [3.63, 3.8) is 0 Å². The van der Waals surface area contributed by atoms with Crippen LogP contribution in [0.1, 0.15) is 20.7 Å². The Hall–Kier alpha value is -6.42. The number of rotatable bonds is 14. The number of methoxy groups -OCH3 is 2. The van der Waals surface area contributed by atoms with Gasteiger partial charge in [0.25, 0.3) is 28.7 Å². The van der Waals surface area contributed by atoms with Crippen molar-refractivity contribution in [2.24, 2.45) is 7.05 Å². The molecule has 6 aromatic rings. The van der Waals surface area contributed by atoms with Crippen LogP contribution < -0.4 is 25.7 Å². The number of aromatic nitrogens is 4. The largest absolute Gasteiger partial charge is 0.490 e. The average molecular weight is 779 g/mol. The third kappa shape index (κ3) is 9.32. The minimum absolute atomic E-state index is 0.0711. The van der Waals surface area contributed by atoms with E-state index in [1.807, 2.05) is 0 Å². The van der Waals surface area contributed by atoms with E-state index in [2.05, 4.69) is 24.4 Å². The molecular weight excluding hydrogens is 749 g/mol. The molecule has 54 heavy (non-hydrogen) atoms. The molecular formula is C33H30N8O11S2. The molecule has 0 aliphatic heterocycles. The van der Waals surface area contributed by atoms with Gasteiger partial charge in [0.2, 0.25) is 0 Å². The van der Waals surface area contributed by atoms with Crippen LogP contribution in [0.25, 0.3) is 20.2 Å². The van der Waals surface area contributed by atoms with Crippen molar-refractivity contribution in [2.45, 2.75) is 0 Å². The van der Waals surface area contributed by atoms with Crippen molar-refractivity contribution >= 4 is 78.1 Å². The Morgan fingerprint density at radius 3 is 1.80 bits per heavy atom. The lowest BCUT2D eigenvalue weighted by Gasteiger charge is -2.12. The number of nitrogens with zero attached hydrogens (tertiary/aromatic N) is 6. The molecule has 6 rings (SSSR count). The van der Waals surface area contributed by atoms with Crippen LogP contribution in [-0.4, -0.2) is 80.6 Å². The number of carbonyl (C=O) groups excluding carboxylic acids is 2. The summed E-state index contributed by atoms with van der Waals surface area (Å²) in [6.07, 6.45) is 4.26. The Morgan fingerprint density at radius 1 is 0.759 bits per heavy atom. The normalized spacial score (nSPS) is 10.7. The molecule has 0 radical (unpaired) electrons. The van der Waals surface area contributed by atoms with Gasteiger partial charge in [0.15, 0.2) is 11.6 Å². The van der Waals surface area contributed by atoms with Gasteiger partial charge in [-0.1, -0.05) is 0 Å². The second kappa shape index (κ2) is 17.9. The van der Waals surface area contributed by atoms with Gasteiger partial charge < -0.3 is 34.1 Å². The number of fused-ring (bicyclic) bond motifs is 2. The van der Waals surface area contributed by atoms with E-state index < -0.39 is 21.7 Å². The number of benzene rings is 2. The van der Waals surface area contributed by atoms with E-state index in [0.29, 0.717) is 27.8 Å². The zero-order chi connectivity index (χ0) is 38.8. The summed E-state index contributed by atoms with van der Waals surface area (Å²) in [5.74, 6) is -0.0926. The SMILES string of the molecule is COCCOc1cc(=O)n(C)cc1C(=O)Nc1nsc2ccc([N+](=O)[O-])cc12.COCCOc1ccncc1C(=O)Nc1nsc2ccc([N+](=O)[O-])cc12. The number of aryl methyl sites for hydroxylation is 1. The van der Waals surface area contributed by atoms with Crippen LogP contribution in [0.15, 0.2) is 71.9 Å². The molecule has 0 spiro atoms. The van der Waals surface area contributed by atoms with Gasteiger partial charge in [-0.25, -0.2) is 0 Å². The maximum Gasteiger partial charge on any atom is 0.270 e. The van der Waals surface area contributed by atoms with Crippen molar-refractivity contribution in [1.29, 1.82) is 0 Å². The van der Waals surface area contributed by atoms with Gasteiger partial charge in [0.05, 0.1) is 38.0 Å². The van der Waals surface area contributed by atoms with Gasteiger partial charge in [-0.3, -0.25) is 39.6 Å². The lowest BCUT2D eigenvalue weighted by molar-refractivity contribution is -0.384. The lowest BCUT2D eigenvalue weighted by atomic mass is 10.2. The van der Waals surface area contributed by atoms with Crippen molar-refractivity contribution in [1.82, 2.24) is 18.3 Å². The maximum atomic E-state index is 12.8. The van der Waals surface area contributed by atoms with Crippen LogP contribution in [0.4, 0.5) is 23.0 Å². The zero-order valence-corrected chi connectivity index (χ0v) is 30.3. The van der Waals surface area contributed by atoms with E-state index in [-0.39, 0.29) is 65.3 Å². The number of nitro benzene ring substituents is 2. The number of nitrogens with one attached hydrogen (secondary N) is 2. The molecule has 0 saturated carbocycles. The molecule has 0 aliphatic rings. The average Bonchev–Trinajstić information content (AvgIpc) is 3.76. The first kappa shape index (κ1) is 38.8. The minimum atomic E-state index is -0.554. The van der Waals surface area contributed by atoms with Crippen LogP contribution in [0.2, 0.25) is 0 Å². The number of non-ortho nitro benzene ring substituents is 2.